The van der Waals surface area contributed by atoms with Gasteiger partial charge < -0.3 is 14.8 Å². The van der Waals surface area contributed by atoms with Gasteiger partial charge in [-0.05, 0) is 30.3 Å². The van der Waals surface area contributed by atoms with E-state index in [-0.39, 0.29) is 17.4 Å². The summed E-state index contributed by atoms with van der Waals surface area (Å²) >= 11 is 9.33. The second kappa shape index (κ2) is 7.66. The first-order valence-corrected chi connectivity index (χ1v) is 7.77. The second-order valence-corrected chi connectivity index (χ2v) is 5.93. The zero-order valence-corrected chi connectivity index (χ0v) is 14.8. The molecule has 122 valence electrons. The zero-order chi connectivity index (χ0) is 17.0. The Morgan fingerprint density at radius 2 is 2.00 bits per heavy atom. The van der Waals surface area contributed by atoms with Gasteiger partial charge in [-0.2, -0.15) is 0 Å². The minimum absolute atomic E-state index is 0.0517. The Hall–Kier alpha value is -1.79. The Morgan fingerprint density at radius 1 is 1.26 bits per heavy atom. The Kier molecular flexibility index (Phi) is 5.85. The van der Waals surface area contributed by atoms with Crippen LogP contribution in [0.2, 0.25) is 5.02 Å². The van der Waals surface area contributed by atoms with Crippen molar-refractivity contribution in [3.05, 3.63) is 56.8 Å². The van der Waals surface area contributed by atoms with Crippen LogP contribution in [0.15, 0.2) is 34.8 Å². The summed E-state index contributed by atoms with van der Waals surface area (Å²) in [5.74, 6) is -0.0893. The molecule has 0 spiro atoms. The molecule has 2 aromatic carbocycles. The van der Waals surface area contributed by atoms with Crippen molar-refractivity contribution in [1.82, 2.24) is 5.32 Å². The first kappa shape index (κ1) is 17.6. The number of amides is 1. The molecule has 0 saturated heterocycles. The molecule has 2 rings (SSSR count). The first-order chi connectivity index (χ1) is 11.0. The van der Waals surface area contributed by atoms with Crippen molar-refractivity contribution in [2.75, 3.05) is 14.2 Å². The van der Waals surface area contributed by atoms with Crippen LogP contribution in [-0.2, 0) is 6.54 Å². The second-order valence-electron chi connectivity index (χ2n) is 4.61. The fraction of sp³-hybridized carbons (Fsp3) is 0.188. The number of hydrogen-bond acceptors (Lipinski definition) is 3. The molecular formula is C16H14BrClFNO3. The standard InChI is InChI=1S/C16H14BrClFNO3/c1-22-14-7-9(6-12(18)15(14)23-2)16(21)20-8-10-5-11(17)3-4-13(10)19/h3-7H,8H2,1-2H3,(H,20,21). The van der Waals surface area contributed by atoms with E-state index in [0.717, 1.165) is 4.47 Å². The maximum Gasteiger partial charge on any atom is 0.251 e. The molecule has 4 nitrogen and oxygen atoms in total. The van der Waals surface area contributed by atoms with Gasteiger partial charge in [-0.1, -0.05) is 27.5 Å². The molecule has 0 bridgehead atoms. The van der Waals surface area contributed by atoms with E-state index in [1.54, 1.807) is 12.1 Å². The predicted molar refractivity (Wildman–Crippen MR) is 89.8 cm³/mol. The van der Waals surface area contributed by atoms with Gasteiger partial charge in [0.15, 0.2) is 11.5 Å². The van der Waals surface area contributed by atoms with Gasteiger partial charge in [-0.15, -0.1) is 0 Å². The van der Waals surface area contributed by atoms with Crippen LogP contribution in [0.5, 0.6) is 11.5 Å². The molecule has 0 aliphatic rings. The summed E-state index contributed by atoms with van der Waals surface area (Å²) in [5.41, 5.74) is 0.669. The molecule has 1 N–H and O–H groups in total. The van der Waals surface area contributed by atoms with Gasteiger partial charge in [0.05, 0.1) is 19.2 Å². The van der Waals surface area contributed by atoms with E-state index >= 15 is 0 Å². The molecule has 7 heteroatoms. The summed E-state index contributed by atoms with van der Waals surface area (Å²) < 4.78 is 24.7. The van der Waals surface area contributed by atoms with Crippen LogP contribution < -0.4 is 14.8 Å². The van der Waals surface area contributed by atoms with Crippen molar-refractivity contribution in [3.8, 4) is 11.5 Å². The molecule has 0 saturated carbocycles. The number of carbonyl (C=O) groups is 1. The van der Waals surface area contributed by atoms with Crippen molar-refractivity contribution in [1.29, 1.82) is 0 Å². The molecule has 0 fully saturated rings. The van der Waals surface area contributed by atoms with Gasteiger partial charge >= 0.3 is 0 Å². The number of ether oxygens (including phenoxy) is 2. The largest absolute Gasteiger partial charge is 0.493 e. The molecule has 0 aliphatic carbocycles. The predicted octanol–water partition coefficient (Wildman–Crippen LogP) is 4.19. The van der Waals surface area contributed by atoms with Crippen LogP contribution in [0, 0.1) is 5.82 Å². The van der Waals surface area contributed by atoms with Gasteiger partial charge in [-0.25, -0.2) is 4.39 Å². The topological polar surface area (TPSA) is 47.6 Å². The molecule has 0 aromatic heterocycles. The Morgan fingerprint density at radius 3 is 2.65 bits per heavy atom. The molecular weight excluding hydrogens is 389 g/mol. The molecule has 0 heterocycles. The van der Waals surface area contributed by atoms with Crippen LogP contribution in [0.1, 0.15) is 15.9 Å². The minimum Gasteiger partial charge on any atom is -0.493 e. The van der Waals surface area contributed by atoms with E-state index in [1.165, 1.54) is 32.4 Å². The summed E-state index contributed by atoms with van der Waals surface area (Å²) in [6.45, 7) is 0.0517. The van der Waals surface area contributed by atoms with Crippen molar-refractivity contribution in [2.24, 2.45) is 0 Å². The van der Waals surface area contributed by atoms with Crippen LogP contribution in [-0.4, -0.2) is 20.1 Å². The number of methoxy groups -OCH3 is 2. The molecule has 0 unspecified atom stereocenters. The van der Waals surface area contributed by atoms with Crippen molar-refractivity contribution < 1.29 is 18.7 Å². The number of hydrogen-bond donors (Lipinski definition) is 1. The Bertz CT molecular complexity index is 740. The average Bonchev–Trinajstić information content (AvgIpc) is 2.54. The lowest BCUT2D eigenvalue weighted by Gasteiger charge is -2.12. The fourth-order valence-corrected chi connectivity index (χ4v) is 2.70. The minimum atomic E-state index is -0.396. The summed E-state index contributed by atoms with van der Waals surface area (Å²) in [5, 5.41) is 2.90. The monoisotopic (exact) mass is 401 g/mol. The third-order valence-electron chi connectivity index (χ3n) is 3.14. The number of rotatable bonds is 5. The smallest absolute Gasteiger partial charge is 0.251 e. The van der Waals surface area contributed by atoms with E-state index < -0.39 is 5.91 Å². The maximum atomic E-state index is 13.7. The van der Waals surface area contributed by atoms with Gasteiger partial charge in [0.1, 0.15) is 5.82 Å². The van der Waals surface area contributed by atoms with E-state index in [9.17, 15) is 9.18 Å². The maximum absolute atomic E-state index is 13.7. The summed E-state index contributed by atoms with van der Waals surface area (Å²) in [6.07, 6.45) is 0. The highest BCUT2D eigenvalue weighted by molar-refractivity contribution is 9.10. The van der Waals surface area contributed by atoms with Gasteiger partial charge in [0, 0.05) is 22.1 Å². The Balaban J connectivity index is 2.18. The fourth-order valence-electron chi connectivity index (χ4n) is 2.01. The molecule has 0 aliphatic heterocycles. The zero-order valence-electron chi connectivity index (χ0n) is 12.5. The normalized spacial score (nSPS) is 10.3. The number of nitrogens with one attached hydrogen (secondary N) is 1. The Labute approximate surface area is 146 Å². The van der Waals surface area contributed by atoms with E-state index in [0.29, 0.717) is 22.6 Å². The quantitative estimate of drug-likeness (QED) is 0.816. The van der Waals surface area contributed by atoms with Gasteiger partial charge in [0.25, 0.3) is 5.91 Å². The summed E-state index contributed by atoms with van der Waals surface area (Å²) in [4.78, 5) is 12.2. The molecule has 1 amide bonds. The number of benzene rings is 2. The van der Waals surface area contributed by atoms with Crippen molar-refractivity contribution >= 4 is 33.4 Å². The van der Waals surface area contributed by atoms with Crippen LogP contribution in [0.25, 0.3) is 0 Å². The highest BCUT2D eigenvalue weighted by Gasteiger charge is 2.15. The summed E-state index contributed by atoms with van der Waals surface area (Å²) in [6, 6.07) is 7.51. The first-order valence-electron chi connectivity index (χ1n) is 6.60. The van der Waals surface area contributed by atoms with Crippen LogP contribution in [0.4, 0.5) is 4.39 Å². The lowest BCUT2D eigenvalue weighted by Crippen LogP contribution is -2.23. The number of halogens is 3. The number of carbonyl (C=O) groups excluding carboxylic acids is 1. The van der Waals surface area contributed by atoms with E-state index in [2.05, 4.69) is 21.2 Å². The highest BCUT2D eigenvalue weighted by atomic mass is 79.9. The molecule has 23 heavy (non-hydrogen) atoms. The van der Waals surface area contributed by atoms with Crippen LogP contribution in [0.3, 0.4) is 0 Å². The third-order valence-corrected chi connectivity index (χ3v) is 3.92. The highest BCUT2D eigenvalue weighted by Crippen LogP contribution is 2.36. The van der Waals surface area contributed by atoms with Crippen LogP contribution >= 0.6 is 27.5 Å². The molecule has 0 atom stereocenters. The van der Waals surface area contributed by atoms with E-state index in [1.807, 2.05) is 0 Å². The SMILES string of the molecule is COc1cc(C(=O)NCc2cc(Br)ccc2F)cc(Cl)c1OC. The van der Waals surface area contributed by atoms with Crippen molar-refractivity contribution in [3.63, 3.8) is 0 Å². The molecule has 2 aromatic rings. The van der Waals surface area contributed by atoms with Gasteiger partial charge in [-0.3, -0.25) is 4.79 Å². The summed E-state index contributed by atoms with van der Waals surface area (Å²) in [7, 11) is 2.91. The lowest BCUT2D eigenvalue weighted by molar-refractivity contribution is 0.0950. The van der Waals surface area contributed by atoms with E-state index in [4.69, 9.17) is 21.1 Å². The third kappa shape index (κ3) is 4.14. The molecule has 0 radical (unpaired) electrons. The average molecular weight is 403 g/mol. The van der Waals surface area contributed by atoms with Crippen molar-refractivity contribution in [2.45, 2.75) is 6.54 Å². The van der Waals surface area contributed by atoms with Gasteiger partial charge in [0.2, 0.25) is 0 Å². The lowest BCUT2D eigenvalue weighted by atomic mass is 10.1.